The number of amides is 1. The molecule has 3 heteroatoms. The largest absolute Gasteiger partial charge is 0.356 e. The molecule has 0 heterocycles. The van der Waals surface area contributed by atoms with Gasteiger partial charge >= 0.3 is 0 Å². The van der Waals surface area contributed by atoms with Crippen LogP contribution < -0.4 is 10.6 Å². The van der Waals surface area contributed by atoms with Crippen molar-refractivity contribution in [2.45, 2.75) is 38.5 Å². The van der Waals surface area contributed by atoms with E-state index >= 15 is 0 Å². The number of nitrogens with one attached hydrogen (secondary N) is 2. The molecule has 14 heavy (non-hydrogen) atoms. The van der Waals surface area contributed by atoms with Gasteiger partial charge in [0.15, 0.2) is 0 Å². The topological polar surface area (TPSA) is 41.1 Å². The van der Waals surface area contributed by atoms with Crippen LogP contribution in [0.4, 0.5) is 0 Å². The van der Waals surface area contributed by atoms with Crippen LogP contribution in [0.2, 0.25) is 0 Å². The van der Waals surface area contributed by atoms with Crippen LogP contribution in [0.15, 0.2) is 0 Å². The molecule has 2 N–H and O–H groups in total. The minimum atomic E-state index is 0.185. The van der Waals surface area contributed by atoms with E-state index in [0.29, 0.717) is 6.42 Å². The molecule has 0 aromatic heterocycles. The van der Waals surface area contributed by atoms with E-state index in [0.717, 1.165) is 19.0 Å². The second-order valence-electron chi connectivity index (χ2n) is 4.16. The molecule has 0 spiro atoms. The summed E-state index contributed by atoms with van der Waals surface area (Å²) in [4.78, 5) is 11.3. The van der Waals surface area contributed by atoms with Crippen molar-refractivity contribution in [2.75, 3.05) is 20.1 Å². The second-order valence-corrected chi connectivity index (χ2v) is 4.16. The Labute approximate surface area is 86.6 Å². The van der Waals surface area contributed by atoms with E-state index in [1.54, 1.807) is 0 Å². The summed E-state index contributed by atoms with van der Waals surface area (Å²) >= 11 is 0. The van der Waals surface area contributed by atoms with E-state index in [1.165, 1.54) is 32.1 Å². The Bertz CT molecular complexity index is 165. The highest BCUT2D eigenvalue weighted by molar-refractivity contribution is 5.76. The van der Waals surface area contributed by atoms with Crippen molar-refractivity contribution in [3.63, 3.8) is 0 Å². The van der Waals surface area contributed by atoms with Gasteiger partial charge in [0.25, 0.3) is 0 Å². The van der Waals surface area contributed by atoms with E-state index in [-0.39, 0.29) is 5.91 Å². The van der Waals surface area contributed by atoms with Crippen molar-refractivity contribution in [1.29, 1.82) is 0 Å². The molecule has 0 unspecified atom stereocenters. The summed E-state index contributed by atoms with van der Waals surface area (Å²) in [5, 5.41) is 5.98. The lowest BCUT2D eigenvalue weighted by Crippen LogP contribution is -2.31. The smallest absolute Gasteiger partial charge is 0.221 e. The lowest BCUT2D eigenvalue weighted by atomic mass is 9.89. The quantitative estimate of drug-likeness (QED) is 0.699. The van der Waals surface area contributed by atoms with Crippen LogP contribution in [0.25, 0.3) is 0 Å². The molecule has 0 aromatic rings. The Morgan fingerprint density at radius 1 is 1.29 bits per heavy atom. The molecular weight excluding hydrogens is 176 g/mol. The van der Waals surface area contributed by atoms with Gasteiger partial charge in [0.1, 0.15) is 0 Å². The maximum Gasteiger partial charge on any atom is 0.221 e. The van der Waals surface area contributed by atoms with Gasteiger partial charge in [-0.15, -0.1) is 0 Å². The fourth-order valence-electron chi connectivity index (χ4n) is 1.98. The monoisotopic (exact) mass is 198 g/mol. The molecule has 1 amide bonds. The maximum absolute atomic E-state index is 11.3. The number of hydrogen-bond donors (Lipinski definition) is 2. The zero-order chi connectivity index (χ0) is 10.2. The third-order valence-corrected chi connectivity index (χ3v) is 2.91. The highest BCUT2D eigenvalue weighted by atomic mass is 16.1. The number of carbonyl (C=O) groups is 1. The summed E-state index contributed by atoms with van der Waals surface area (Å²) < 4.78 is 0. The van der Waals surface area contributed by atoms with Crippen LogP contribution in [0, 0.1) is 5.92 Å². The van der Waals surface area contributed by atoms with Gasteiger partial charge in [0.2, 0.25) is 5.91 Å². The van der Waals surface area contributed by atoms with E-state index in [2.05, 4.69) is 10.6 Å². The first-order valence-electron chi connectivity index (χ1n) is 5.74. The number of rotatable bonds is 5. The number of hydrogen-bond acceptors (Lipinski definition) is 2. The number of carbonyl (C=O) groups excluding carboxylic acids is 1. The van der Waals surface area contributed by atoms with Crippen LogP contribution in [-0.4, -0.2) is 26.0 Å². The van der Waals surface area contributed by atoms with Crippen LogP contribution in [0.3, 0.4) is 0 Å². The molecule has 3 nitrogen and oxygen atoms in total. The first-order valence-corrected chi connectivity index (χ1v) is 5.74. The predicted molar refractivity (Wildman–Crippen MR) is 58.1 cm³/mol. The predicted octanol–water partition coefficient (Wildman–Crippen LogP) is 1.29. The molecule has 0 aromatic carbocycles. The Balaban J connectivity index is 2.03. The molecule has 1 saturated carbocycles. The summed E-state index contributed by atoms with van der Waals surface area (Å²) in [5.74, 6) is 0.923. The fourth-order valence-corrected chi connectivity index (χ4v) is 1.98. The van der Waals surface area contributed by atoms with Gasteiger partial charge < -0.3 is 10.6 Å². The summed E-state index contributed by atoms with van der Waals surface area (Å²) in [7, 11) is 1.87. The normalized spacial score (nSPS) is 18.1. The highest BCUT2D eigenvalue weighted by Gasteiger charge is 2.13. The van der Waals surface area contributed by atoms with E-state index < -0.39 is 0 Å². The van der Waals surface area contributed by atoms with Gasteiger partial charge in [-0.3, -0.25) is 4.79 Å². The fraction of sp³-hybridized carbons (Fsp3) is 0.909. The van der Waals surface area contributed by atoms with Crippen molar-refractivity contribution >= 4 is 5.91 Å². The summed E-state index contributed by atoms with van der Waals surface area (Å²) in [5.41, 5.74) is 0. The lowest BCUT2D eigenvalue weighted by molar-refractivity contribution is -0.121. The Morgan fingerprint density at radius 3 is 2.64 bits per heavy atom. The molecule has 0 atom stereocenters. The summed E-state index contributed by atoms with van der Waals surface area (Å²) in [6, 6.07) is 0. The minimum Gasteiger partial charge on any atom is -0.356 e. The molecule has 1 fully saturated rings. The Hall–Kier alpha value is -0.570. The van der Waals surface area contributed by atoms with Crippen LogP contribution in [-0.2, 0) is 4.79 Å². The molecular formula is C11H22N2O. The molecule has 0 saturated heterocycles. The van der Waals surface area contributed by atoms with Gasteiger partial charge in [-0.1, -0.05) is 19.3 Å². The molecule has 1 rings (SSSR count). The third kappa shape index (κ3) is 4.61. The van der Waals surface area contributed by atoms with Crippen LogP contribution in [0.1, 0.15) is 38.5 Å². The first kappa shape index (κ1) is 11.5. The summed E-state index contributed by atoms with van der Waals surface area (Å²) in [6.07, 6.45) is 7.26. The molecule has 0 bridgehead atoms. The average Bonchev–Trinajstić information content (AvgIpc) is 2.25. The zero-order valence-electron chi connectivity index (χ0n) is 9.14. The molecule has 82 valence electrons. The lowest BCUT2D eigenvalue weighted by Gasteiger charge is -2.21. The second kappa shape index (κ2) is 6.82. The van der Waals surface area contributed by atoms with Crippen LogP contribution in [0.5, 0.6) is 0 Å². The van der Waals surface area contributed by atoms with Crippen molar-refractivity contribution < 1.29 is 4.79 Å². The molecule has 0 aliphatic heterocycles. The van der Waals surface area contributed by atoms with E-state index in [4.69, 9.17) is 0 Å². The van der Waals surface area contributed by atoms with Gasteiger partial charge in [-0.2, -0.15) is 0 Å². The highest BCUT2D eigenvalue weighted by Crippen LogP contribution is 2.22. The maximum atomic E-state index is 11.3. The van der Waals surface area contributed by atoms with Gasteiger partial charge in [-0.25, -0.2) is 0 Å². The first-order chi connectivity index (χ1) is 6.83. The Morgan fingerprint density at radius 2 is 2.00 bits per heavy atom. The minimum absolute atomic E-state index is 0.185. The zero-order valence-corrected chi connectivity index (χ0v) is 9.14. The Kier molecular flexibility index (Phi) is 5.60. The van der Waals surface area contributed by atoms with Gasteiger partial charge in [-0.05, 0) is 25.8 Å². The van der Waals surface area contributed by atoms with Crippen molar-refractivity contribution in [3.05, 3.63) is 0 Å². The van der Waals surface area contributed by atoms with E-state index in [1.807, 2.05) is 7.05 Å². The average molecular weight is 198 g/mol. The standard InChI is InChI=1S/C11H22N2O/c1-12-8-7-11(14)13-9-10-5-3-2-4-6-10/h10,12H,2-9H2,1H3,(H,13,14). The van der Waals surface area contributed by atoms with Crippen molar-refractivity contribution in [2.24, 2.45) is 5.92 Å². The van der Waals surface area contributed by atoms with Crippen molar-refractivity contribution in [3.8, 4) is 0 Å². The molecule has 0 radical (unpaired) electrons. The van der Waals surface area contributed by atoms with Crippen LogP contribution >= 0.6 is 0 Å². The van der Waals surface area contributed by atoms with Gasteiger partial charge in [0, 0.05) is 19.5 Å². The molecule has 1 aliphatic rings. The van der Waals surface area contributed by atoms with Crippen molar-refractivity contribution in [1.82, 2.24) is 10.6 Å². The molecule has 1 aliphatic carbocycles. The third-order valence-electron chi connectivity index (χ3n) is 2.91. The van der Waals surface area contributed by atoms with Gasteiger partial charge in [0.05, 0.1) is 0 Å². The van der Waals surface area contributed by atoms with E-state index in [9.17, 15) is 4.79 Å². The SMILES string of the molecule is CNCCC(=O)NCC1CCCCC1. The summed E-state index contributed by atoms with van der Waals surface area (Å²) in [6.45, 7) is 1.67.